The summed E-state index contributed by atoms with van der Waals surface area (Å²) >= 11 is 0. The van der Waals surface area contributed by atoms with E-state index in [0.717, 1.165) is 11.1 Å². The first-order valence-electron chi connectivity index (χ1n) is 18.6. The van der Waals surface area contributed by atoms with Crippen LogP contribution in [-0.4, -0.2) is 75.3 Å². The quantitative estimate of drug-likeness (QED) is 0.0213. The number of ether oxygens (including phenoxy) is 5. The maximum absolute atomic E-state index is 13.2. The predicted octanol–water partition coefficient (Wildman–Crippen LogP) is 6.56. The maximum Gasteiger partial charge on any atom is 0.408 e. The van der Waals surface area contributed by atoms with E-state index in [1.807, 2.05) is 24.3 Å². The van der Waals surface area contributed by atoms with Crippen molar-refractivity contribution < 1.29 is 57.4 Å². The first-order chi connectivity index (χ1) is 27.4. The molecule has 14 nitrogen and oxygen atoms in total. The van der Waals surface area contributed by atoms with E-state index in [-0.39, 0.29) is 51.4 Å². The van der Waals surface area contributed by atoms with Gasteiger partial charge in [0.05, 0.1) is 23.9 Å². The Morgan fingerprint density at radius 1 is 0.586 bits per heavy atom. The smallest absolute Gasteiger partial charge is 0.408 e. The van der Waals surface area contributed by atoms with Crippen molar-refractivity contribution in [2.45, 2.75) is 77.7 Å². The van der Waals surface area contributed by atoms with Crippen LogP contribution in [0.25, 0.3) is 0 Å². The molecule has 0 radical (unpaired) electrons. The zero-order chi connectivity index (χ0) is 42.7. The second-order valence-electron chi connectivity index (χ2n) is 14.7. The first kappa shape index (κ1) is 46.4. The summed E-state index contributed by atoms with van der Waals surface area (Å²) in [7, 11) is 0. The molecular formula is C44H54N2O12. The highest BCUT2D eigenvalue weighted by Gasteiger charge is 2.31. The fraction of sp³-hybridized carbons (Fsp3) is 0.386. The molecule has 0 aromatic heterocycles. The van der Waals surface area contributed by atoms with Crippen molar-refractivity contribution in [2.24, 2.45) is 0 Å². The maximum atomic E-state index is 13.2. The summed E-state index contributed by atoms with van der Waals surface area (Å²) in [4.78, 5) is 73.9. The molecule has 2 atom stereocenters. The Bertz CT molecular complexity index is 1860. The van der Waals surface area contributed by atoms with Crippen LogP contribution in [-0.2, 0) is 71.8 Å². The highest BCUT2D eigenvalue weighted by atomic mass is 17.2. The average Bonchev–Trinajstić information content (AvgIpc) is 3.16. The average molecular weight is 803 g/mol. The van der Waals surface area contributed by atoms with Gasteiger partial charge in [-0.15, -0.1) is 0 Å². The Balaban J connectivity index is 1.64. The van der Waals surface area contributed by atoms with Crippen molar-refractivity contribution in [3.8, 4) is 0 Å². The van der Waals surface area contributed by atoms with Crippen molar-refractivity contribution in [3.63, 3.8) is 0 Å². The van der Waals surface area contributed by atoms with E-state index in [4.69, 9.17) is 33.5 Å². The van der Waals surface area contributed by atoms with Crippen LogP contribution in [0.3, 0.4) is 0 Å². The summed E-state index contributed by atoms with van der Waals surface area (Å²) in [5.74, 6) is -1.76. The molecule has 0 aliphatic heterocycles. The molecule has 3 aromatic carbocycles. The van der Waals surface area contributed by atoms with Crippen LogP contribution < -0.4 is 10.6 Å². The second kappa shape index (κ2) is 22.7. The van der Waals surface area contributed by atoms with Crippen LogP contribution in [0.2, 0.25) is 0 Å². The lowest BCUT2D eigenvalue weighted by Gasteiger charge is -2.31. The van der Waals surface area contributed by atoms with Gasteiger partial charge in [-0.25, -0.2) is 24.2 Å². The molecule has 2 N–H and O–H groups in total. The summed E-state index contributed by atoms with van der Waals surface area (Å²) in [6.07, 6.45) is -3.78. The van der Waals surface area contributed by atoms with E-state index in [2.05, 4.69) is 23.8 Å². The summed E-state index contributed by atoms with van der Waals surface area (Å²) in [5.41, 5.74) is 1.65. The van der Waals surface area contributed by atoms with Gasteiger partial charge >= 0.3 is 30.1 Å². The van der Waals surface area contributed by atoms with Crippen LogP contribution >= 0.6 is 0 Å². The Morgan fingerprint density at radius 3 is 1.45 bits per heavy atom. The molecule has 312 valence electrons. The Morgan fingerprint density at radius 2 is 1.02 bits per heavy atom. The van der Waals surface area contributed by atoms with E-state index in [1.54, 1.807) is 95.3 Å². The van der Waals surface area contributed by atoms with E-state index >= 15 is 0 Å². The Labute approximate surface area is 339 Å². The van der Waals surface area contributed by atoms with Gasteiger partial charge < -0.3 is 34.3 Å². The van der Waals surface area contributed by atoms with E-state index in [1.165, 1.54) is 6.92 Å². The summed E-state index contributed by atoms with van der Waals surface area (Å²) in [6, 6.07) is 25.2. The van der Waals surface area contributed by atoms with E-state index < -0.39 is 53.4 Å². The Hall–Kier alpha value is -5.99. The highest BCUT2D eigenvalue weighted by molar-refractivity contribution is 5.87. The molecule has 0 saturated carbocycles. The molecule has 0 saturated heterocycles. The lowest BCUT2D eigenvalue weighted by molar-refractivity contribution is -0.300. The third-order valence-corrected chi connectivity index (χ3v) is 8.32. The van der Waals surface area contributed by atoms with E-state index in [9.17, 15) is 24.0 Å². The van der Waals surface area contributed by atoms with Crippen LogP contribution in [0.1, 0.15) is 63.8 Å². The molecule has 2 unspecified atom stereocenters. The van der Waals surface area contributed by atoms with Crippen LogP contribution in [0.15, 0.2) is 109 Å². The number of carbonyl (C=O) groups is 5. The van der Waals surface area contributed by atoms with Gasteiger partial charge in [-0.2, -0.15) is 0 Å². The number of hydrogen-bond acceptors (Lipinski definition) is 12. The number of carbonyl (C=O) groups excluding carboxylic acids is 5. The summed E-state index contributed by atoms with van der Waals surface area (Å²) in [6.45, 7) is 16.4. The van der Waals surface area contributed by atoms with Gasteiger partial charge in [-0.1, -0.05) is 104 Å². The second-order valence-corrected chi connectivity index (χ2v) is 14.7. The van der Waals surface area contributed by atoms with Gasteiger partial charge in [0.25, 0.3) is 0 Å². The van der Waals surface area contributed by atoms with Gasteiger partial charge in [-0.05, 0) is 63.8 Å². The van der Waals surface area contributed by atoms with Gasteiger partial charge in [-0.3, -0.25) is 9.59 Å². The first-order valence-corrected chi connectivity index (χ1v) is 18.6. The molecule has 58 heavy (non-hydrogen) atoms. The third-order valence-electron chi connectivity index (χ3n) is 8.32. The molecule has 0 bridgehead atoms. The number of amides is 2. The number of esters is 3. The predicted molar refractivity (Wildman–Crippen MR) is 214 cm³/mol. The zero-order valence-corrected chi connectivity index (χ0v) is 34.0. The number of nitrogens with one attached hydrogen (secondary N) is 2. The van der Waals surface area contributed by atoms with E-state index in [0.29, 0.717) is 16.7 Å². The van der Waals surface area contributed by atoms with Gasteiger partial charge in [0.2, 0.25) is 0 Å². The molecule has 0 spiro atoms. The van der Waals surface area contributed by atoms with Crippen LogP contribution in [0, 0.1) is 0 Å². The number of hydrogen-bond donors (Lipinski definition) is 2. The molecular weight excluding hydrogens is 748 g/mol. The van der Waals surface area contributed by atoms with Crippen molar-refractivity contribution in [1.29, 1.82) is 0 Å². The van der Waals surface area contributed by atoms with Crippen molar-refractivity contribution in [1.82, 2.24) is 10.6 Å². The minimum absolute atomic E-state index is 0.00201. The monoisotopic (exact) mass is 802 g/mol. The molecule has 3 aromatic rings. The van der Waals surface area contributed by atoms with Crippen LogP contribution in [0.5, 0.6) is 0 Å². The Kier molecular flexibility index (Phi) is 18.1. The zero-order valence-electron chi connectivity index (χ0n) is 34.0. The third kappa shape index (κ3) is 17.0. The fourth-order valence-corrected chi connectivity index (χ4v) is 5.10. The number of alkyl carbamates (subject to hydrolysis) is 2. The summed E-state index contributed by atoms with van der Waals surface area (Å²) < 4.78 is 27.2. The largest absolute Gasteiger partial charge is 0.461 e. The van der Waals surface area contributed by atoms with Gasteiger partial charge in [0.15, 0.2) is 12.2 Å². The highest BCUT2D eigenvalue weighted by Crippen LogP contribution is 2.27. The molecule has 0 fully saturated rings. The molecule has 3 rings (SSSR count). The lowest BCUT2D eigenvalue weighted by atomic mass is 9.87. The van der Waals surface area contributed by atoms with Crippen molar-refractivity contribution >= 4 is 30.1 Å². The van der Waals surface area contributed by atoms with Crippen molar-refractivity contribution in [3.05, 3.63) is 131 Å². The number of benzene rings is 3. The minimum atomic E-state index is -1.13. The van der Waals surface area contributed by atoms with Crippen LogP contribution in [0.4, 0.5) is 9.59 Å². The SMILES string of the molecule is C=C(C)COOCC(COC(=O)Cc1ccccc1)OC(=O)NC(C)(C)c1cccc(C(C)(C)NC(=O)OC(COC(=O)Cc2ccccc2)COC(=O)C(=C)C)c1. The topological polar surface area (TPSA) is 174 Å². The van der Waals surface area contributed by atoms with Crippen molar-refractivity contribution in [2.75, 3.05) is 33.0 Å². The summed E-state index contributed by atoms with van der Waals surface area (Å²) in [5, 5.41) is 5.65. The normalized spacial score (nSPS) is 12.2. The molecule has 14 heteroatoms. The lowest BCUT2D eigenvalue weighted by Crippen LogP contribution is -2.45. The fourth-order valence-electron chi connectivity index (χ4n) is 5.10. The minimum Gasteiger partial charge on any atom is -0.461 e. The molecule has 0 aliphatic rings. The molecule has 0 heterocycles. The molecule has 0 aliphatic carbocycles. The molecule has 2 amide bonds. The standard InChI is InChI=1S/C44H54N2O12/c1-30(2)25-55-56-29-37(27-53-39(48)23-33-18-13-10-14-19-33)58-42(51)46-44(7,8)35-21-15-20-34(24-35)43(5,6)45-41(50)57-36(28-54-40(49)31(3)4)26-52-38(47)22-32-16-11-9-12-17-32/h9-21,24,36-37H,1,3,22-23,25-29H2,2,4-8H3,(H,45,50)(H,46,51). The van der Waals surface area contributed by atoms with Gasteiger partial charge in [0.1, 0.15) is 33.0 Å². The van der Waals surface area contributed by atoms with Gasteiger partial charge in [0, 0.05) is 5.57 Å². The number of rotatable bonds is 22.